The molecule has 29 heavy (non-hydrogen) atoms. The first-order chi connectivity index (χ1) is 13.9. The van der Waals surface area contributed by atoms with Gasteiger partial charge in [-0.05, 0) is 47.7 Å². The quantitative estimate of drug-likeness (QED) is 0.723. The summed E-state index contributed by atoms with van der Waals surface area (Å²) in [5.74, 6) is -0.884. The van der Waals surface area contributed by atoms with E-state index in [9.17, 15) is 14.0 Å². The Kier molecular flexibility index (Phi) is 6.56. The van der Waals surface area contributed by atoms with Crippen LogP contribution >= 0.6 is 23.4 Å². The van der Waals surface area contributed by atoms with Crippen molar-refractivity contribution in [1.82, 2.24) is 4.90 Å². The Morgan fingerprint density at radius 1 is 1.34 bits per heavy atom. The van der Waals surface area contributed by atoms with Crippen LogP contribution in [0.4, 0.5) is 10.1 Å². The van der Waals surface area contributed by atoms with Crippen molar-refractivity contribution in [1.29, 1.82) is 0 Å². The van der Waals surface area contributed by atoms with Crippen LogP contribution in [-0.2, 0) is 9.59 Å². The van der Waals surface area contributed by atoms with Gasteiger partial charge in [0.05, 0.1) is 15.6 Å². The molecule has 2 aromatic rings. The molecule has 1 N–H and O–H groups in total. The third-order valence-corrected chi connectivity index (χ3v) is 5.40. The van der Waals surface area contributed by atoms with E-state index in [1.807, 2.05) is 0 Å². The van der Waals surface area contributed by atoms with Crippen LogP contribution in [0.25, 0.3) is 6.08 Å². The van der Waals surface area contributed by atoms with Crippen LogP contribution in [-0.4, -0.2) is 42.6 Å². The lowest BCUT2D eigenvalue weighted by Gasteiger charge is -2.10. The third kappa shape index (κ3) is 4.96. The normalized spacial score (nSPS) is 16.6. The Hall–Kier alpha value is -2.84. The lowest BCUT2D eigenvalue weighted by Crippen LogP contribution is -2.23. The molecule has 0 bridgehead atoms. The fourth-order valence-electron chi connectivity index (χ4n) is 2.52. The summed E-state index contributed by atoms with van der Waals surface area (Å²) >= 11 is 7.51. The fourth-order valence-corrected chi connectivity index (χ4v) is 3.69. The lowest BCUT2D eigenvalue weighted by molar-refractivity contribution is -0.121. The Morgan fingerprint density at radius 2 is 2.10 bits per heavy atom. The van der Waals surface area contributed by atoms with E-state index in [0.29, 0.717) is 21.4 Å². The van der Waals surface area contributed by atoms with Gasteiger partial charge in [0, 0.05) is 14.1 Å². The van der Waals surface area contributed by atoms with E-state index in [1.54, 1.807) is 44.4 Å². The minimum atomic E-state index is -0.530. The zero-order chi connectivity index (χ0) is 21.0. The van der Waals surface area contributed by atoms with Gasteiger partial charge in [0.15, 0.2) is 11.8 Å². The van der Waals surface area contributed by atoms with Crippen molar-refractivity contribution in [2.24, 2.45) is 4.99 Å². The molecule has 0 atom stereocenters. The predicted octanol–water partition coefficient (Wildman–Crippen LogP) is 4.03. The number of para-hydroxylation sites is 1. The number of aliphatic imine (C=N–C) groups is 1. The molecule has 2 aromatic carbocycles. The van der Waals surface area contributed by atoms with Crippen molar-refractivity contribution in [3.8, 4) is 5.75 Å². The SMILES string of the molecule is CN=C1S/C(=C\c2ccc(OCC(=O)Nc3ccccc3F)c(Cl)c2)C(=O)N1C. The average Bonchev–Trinajstić information content (AvgIpc) is 2.97. The van der Waals surface area contributed by atoms with Crippen molar-refractivity contribution >= 4 is 52.1 Å². The fraction of sp³-hybridized carbons (Fsp3) is 0.150. The summed E-state index contributed by atoms with van der Waals surface area (Å²) in [6.07, 6.45) is 1.71. The lowest BCUT2D eigenvalue weighted by atomic mass is 10.2. The van der Waals surface area contributed by atoms with E-state index >= 15 is 0 Å². The second-order valence-electron chi connectivity index (χ2n) is 5.99. The molecular formula is C20H17ClFN3O3S. The van der Waals surface area contributed by atoms with Gasteiger partial charge >= 0.3 is 0 Å². The number of carbonyl (C=O) groups is 2. The van der Waals surface area contributed by atoms with Gasteiger partial charge in [0.2, 0.25) is 0 Å². The number of amidine groups is 1. The van der Waals surface area contributed by atoms with Gasteiger partial charge in [0.1, 0.15) is 11.6 Å². The number of benzene rings is 2. The second-order valence-corrected chi connectivity index (χ2v) is 7.40. The number of halogens is 2. The number of hydrogen-bond acceptors (Lipinski definition) is 5. The molecule has 1 fully saturated rings. The molecule has 0 aromatic heterocycles. The minimum absolute atomic E-state index is 0.0767. The van der Waals surface area contributed by atoms with Crippen molar-refractivity contribution in [3.05, 3.63) is 63.8 Å². The van der Waals surface area contributed by atoms with E-state index in [1.165, 1.54) is 34.9 Å². The molecule has 9 heteroatoms. The summed E-state index contributed by atoms with van der Waals surface area (Å²) in [5.41, 5.74) is 0.785. The summed E-state index contributed by atoms with van der Waals surface area (Å²) in [7, 11) is 3.29. The van der Waals surface area contributed by atoms with Crippen molar-refractivity contribution in [3.63, 3.8) is 0 Å². The molecule has 150 valence electrons. The average molecular weight is 434 g/mol. The molecule has 1 aliphatic rings. The number of amides is 2. The first-order valence-corrected chi connectivity index (χ1v) is 9.69. The first-order valence-electron chi connectivity index (χ1n) is 8.50. The van der Waals surface area contributed by atoms with Crippen LogP contribution in [0.1, 0.15) is 5.56 Å². The third-order valence-electron chi connectivity index (χ3n) is 3.96. The molecule has 2 amide bonds. The van der Waals surface area contributed by atoms with Crippen LogP contribution in [0.2, 0.25) is 5.02 Å². The summed E-state index contributed by atoms with van der Waals surface area (Å²) in [6.45, 7) is -0.329. The molecule has 3 rings (SSSR count). The van der Waals surface area contributed by atoms with E-state index in [4.69, 9.17) is 16.3 Å². The van der Waals surface area contributed by atoms with Crippen LogP contribution < -0.4 is 10.1 Å². The first kappa shape index (κ1) is 20.9. The highest BCUT2D eigenvalue weighted by Gasteiger charge is 2.29. The number of ether oxygens (including phenoxy) is 1. The molecule has 1 saturated heterocycles. The van der Waals surface area contributed by atoms with E-state index < -0.39 is 11.7 Å². The van der Waals surface area contributed by atoms with Crippen molar-refractivity contribution in [2.45, 2.75) is 0 Å². The molecule has 1 aliphatic heterocycles. The summed E-state index contributed by atoms with van der Waals surface area (Å²) in [4.78, 5) is 30.2. The maximum absolute atomic E-state index is 13.6. The maximum Gasteiger partial charge on any atom is 0.266 e. The summed E-state index contributed by atoms with van der Waals surface area (Å²) < 4.78 is 19.0. The highest BCUT2D eigenvalue weighted by molar-refractivity contribution is 8.18. The zero-order valence-corrected chi connectivity index (χ0v) is 17.2. The second kappa shape index (κ2) is 9.11. The van der Waals surface area contributed by atoms with Crippen LogP contribution in [0, 0.1) is 5.82 Å². The maximum atomic E-state index is 13.6. The molecule has 0 radical (unpaired) electrons. The topological polar surface area (TPSA) is 71.0 Å². The molecule has 0 saturated carbocycles. The standard InChI is InChI=1S/C20H17ClFN3O3S/c1-23-20-25(2)19(27)17(29-20)10-12-7-8-16(13(21)9-12)28-11-18(26)24-15-6-4-3-5-14(15)22/h3-10H,11H2,1-2H3,(H,24,26)/b17-10-,23-20?. The van der Waals surface area contributed by atoms with Gasteiger partial charge in [-0.3, -0.25) is 19.5 Å². The number of carbonyl (C=O) groups excluding carboxylic acids is 2. The monoisotopic (exact) mass is 433 g/mol. The van der Waals surface area contributed by atoms with Gasteiger partial charge in [-0.25, -0.2) is 4.39 Å². The number of nitrogens with one attached hydrogen (secondary N) is 1. The predicted molar refractivity (Wildman–Crippen MR) is 114 cm³/mol. The number of thioether (sulfide) groups is 1. The number of anilines is 1. The number of rotatable bonds is 5. The summed E-state index contributed by atoms with van der Waals surface area (Å²) in [5, 5.41) is 3.33. The van der Waals surface area contributed by atoms with Gasteiger partial charge in [-0.15, -0.1) is 0 Å². The van der Waals surface area contributed by atoms with Crippen LogP contribution in [0.15, 0.2) is 52.4 Å². The molecular weight excluding hydrogens is 417 g/mol. The molecule has 0 spiro atoms. The van der Waals surface area contributed by atoms with Crippen LogP contribution in [0.5, 0.6) is 5.75 Å². The smallest absolute Gasteiger partial charge is 0.266 e. The van der Waals surface area contributed by atoms with E-state index in [2.05, 4.69) is 10.3 Å². The van der Waals surface area contributed by atoms with Crippen LogP contribution in [0.3, 0.4) is 0 Å². The highest BCUT2D eigenvalue weighted by Crippen LogP contribution is 2.33. The van der Waals surface area contributed by atoms with Gasteiger partial charge in [-0.2, -0.15) is 0 Å². The Labute approximate surface area is 176 Å². The van der Waals surface area contributed by atoms with E-state index in [0.717, 1.165) is 0 Å². The highest BCUT2D eigenvalue weighted by atomic mass is 35.5. The Bertz CT molecular complexity index is 1030. The van der Waals surface area contributed by atoms with Gasteiger partial charge in [-0.1, -0.05) is 29.8 Å². The zero-order valence-electron chi connectivity index (χ0n) is 15.6. The largest absolute Gasteiger partial charge is 0.482 e. The van der Waals surface area contributed by atoms with E-state index in [-0.39, 0.29) is 23.2 Å². The van der Waals surface area contributed by atoms with Gasteiger partial charge < -0.3 is 10.1 Å². The summed E-state index contributed by atoms with van der Waals surface area (Å²) in [6, 6.07) is 10.8. The molecule has 1 heterocycles. The molecule has 0 aliphatic carbocycles. The Balaban J connectivity index is 1.64. The molecule has 0 unspecified atom stereocenters. The number of nitrogens with zero attached hydrogens (tertiary/aromatic N) is 2. The molecule has 6 nitrogen and oxygen atoms in total. The van der Waals surface area contributed by atoms with Crippen molar-refractivity contribution in [2.75, 3.05) is 26.0 Å². The minimum Gasteiger partial charge on any atom is -0.482 e. The number of likely N-dealkylation sites (N-methyl/N-ethyl adjacent to an activating group) is 1. The number of hydrogen-bond donors (Lipinski definition) is 1. The Morgan fingerprint density at radius 3 is 2.76 bits per heavy atom. The van der Waals surface area contributed by atoms with Gasteiger partial charge in [0.25, 0.3) is 11.8 Å². The van der Waals surface area contributed by atoms with Crippen molar-refractivity contribution < 1.29 is 18.7 Å².